The van der Waals surface area contributed by atoms with Gasteiger partial charge in [-0.25, -0.2) is 8.42 Å². The fourth-order valence-electron chi connectivity index (χ4n) is 2.32. The summed E-state index contributed by atoms with van der Waals surface area (Å²) in [6.07, 6.45) is 3.99. The topological polar surface area (TPSA) is 70.0 Å². The number of rotatable bonds is 3. The lowest BCUT2D eigenvalue weighted by atomic mass is 9.84. The van der Waals surface area contributed by atoms with Gasteiger partial charge in [-0.1, -0.05) is 35.2 Å². The molecule has 0 spiro atoms. The Labute approximate surface area is 122 Å². The second kappa shape index (κ2) is 5.61. The number of nitrogens with zero attached hydrogens (tertiary/aromatic N) is 1. The van der Waals surface area contributed by atoms with E-state index in [9.17, 15) is 13.7 Å². The fourth-order valence-corrected chi connectivity index (χ4v) is 3.96. The average molecular weight is 343 g/mol. The standard InChI is InChI=1S/C13H15BrN2O2S/c14-11-4-6-12(7-5-11)19(17,18)16-13(10-15)8-2-1-3-9-13/h4-7,16H,1-3,8-9H2. The molecular weight excluding hydrogens is 328 g/mol. The van der Waals surface area contributed by atoms with Crippen LogP contribution in [0.1, 0.15) is 32.1 Å². The van der Waals surface area contributed by atoms with Gasteiger partial charge in [0.1, 0.15) is 5.54 Å². The van der Waals surface area contributed by atoms with Gasteiger partial charge in [-0.2, -0.15) is 9.98 Å². The first kappa shape index (κ1) is 14.5. The van der Waals surface area contributed by atoms with Crippen molar-refractivity contribution in [2.45, 2.75) is 42.5 Å². The molecule has 0 radical (unpaired) electrons. The molecule has 1 aromatic carbocycles. The van der Waals surface area contributed by atoms with Crippen LogP contribution >= 0.6 is 15.9 Å². The Kier molecular flexibility index (Phi) is 4.29. The van der Waals surface area contributed by atoms with Crippen LogP contribution in [0.25, 0.3) is 0 Å². The van der Waals surface area contributed by atoms with E-state index >= 15 is 0 Å². The molecule has 6 heteroatoms. The molecule has 1 aliphatic carbocycles. The molecule has 4 nitrogen and oxygen atoms in total. The molecule has 1 N–H and O–H groups in total. The lowest BCUT2D eigenvalue weighted by molar-refractivity contribution is 0.338. The molecule has 0 atom stereocenters. The molecule has 19 heavy (non-hydrogen) atoms. The number of hydrogen-bond donors (Lipinski definition) is 1. The van der Waals surface area contributed by atoms with Crippen LogP contribution in [0.5, 0.6) is 0 Å². The van der Waals surface area contributed by atoms with Gasteiger partial charge in [-0.15, -0.1) is 0 Å². The van der Waals surface area contributed by atoms with E-state index < -0.39 is 15.6 Å². The van der Waals surface area contributed by atoms with Crippen LogP contribution in [0.3, 0.4) is 0 Å². The van der Waals surface area contributed by atoms with Crippen molar-refractivity contribution in [2.75, 3.05) is 0 Å². The molecule has 0 aliphatic heterocycles. The summed E-state index contributed by atoms with van der Waals surface area (Å²) in [6.45, 7) is 0. The Balaban J connectivity index is 2.25. The minimum absolute atomic E-state index is 0.191. The molecule has 0 aromatic heterocycles. The van der Waals surface area contributed by atoms with Gasteiger partial charge < -0.3 is 0 Å². The maximum absolute atomic E-state index is 12.3. The van der Waals surface area contributed by atoms with Crippen molar-refractivity contribution in [3.05, 3.63) is 28.7 Å². The first-order valence-corrected chi connectivity index (χ1v) is 8.46. The fraction of sp³-hybridized carbons (Fsp3) is 0.462. The predicted molar refractivity (Wildman–Crippen MR) is 75.9 cm³/mol. The van der Waals surface area contributed by atoms with Crippen LogP contribution in [-0.2, 0) is 10.0 Å². The third-order valence-electron chi connectivity index (χ3n) is 3.37. The van der Waals surface area contributed by atoms with Gasteiger partial charge in [0, 0.05) is 4.47 Å². The van der Waals surface area contributed by atoms with Crippen LogP contribution in [0.4, 0.5) is 0 Å². The van der Waals surface area contributed by atoms with Crippen LogP contribution in [0.15, 0.2) is 33.6 Å². The molecule has 1 fully saturated rings. The Hall–Kier alpha value is -0.900. The smallest absolute Gasteiger partial charge is 0.207 e. The summed E-state index contributed by atoms with van der Waals surface area (Å²) in [6, 6.07) is 8.56. The first-order valence-electron chi connectivity index (χ1n) is 6.18. The summed E-state index contributed by atoms with van der Waals surface area (Å²) in [5.41, 5.74) is -0.940. The Bertz CT molecular complexity index is 584. The van der Waals surface area contributed by atoms with Crippen molar-refractivity contribution < 1.29 is 8.42 Å². The number of benzene rings is 1. The summed E-state index contributed by atoms with van der Waals surface area (Å²) in [4.78, 5) is 0.191. The zero-order valence-corrected chi connectivity index (χ0v) is 12.8. The third-order valence-corrected chi connectivity index (χ3v) is 5.46. The Morgan fingerprint density at radius 1 is 1.16 bits per heavy atom. The van der Waals surface area contributed by atoms with Crippen LogP contribution in [0.2, 0.25) is 0 Å². The van der Waals surface area contributed by atoms with E-state index in [1.165, 1.54) is 12.1 Å². The summed E-state index contributed by atoms with van der Waals surface area (Å²) < 4.78 is 28.0. The van der Waals surface area contributed by atoms with E-state index in [1.54, 1.807) is 12.1 Å². The maximum atomic E-state index is 12.3. The summed E-state index contributed by atoms with van der Waals surface area (Å²) in [5, 5.41) is 9.31. The monoisotopic (exact) mass is 342 g/mol. The van der Waals surface area contributed by atoms with Gasteiger partial charge in [0.2, 0.25) is 10.0 Å². The highest BCUT2D eigenvalue weighted by Crippen LogP contribution is 2.29. The van der Waals surface area contributed by atoms with Crippen molar-refractivity contribution >= 4 is 26.0 Å². The maximum Gasteiger partial charge on any atom is 0.241 e. The van der Waals surface area contributed by atoms with E-state index in [2.05, 4.69) is 26.7 Å². The minimum Gasteiger partial charge on any atom is -0.207 e. The summed E-state index contributed by atoms with van der Waals surface area (Å²) >= 11 is 3.27. The number of nitriles is 1. The predicted octanol–water partition coefficient (Wildman–Crippen LogP) is 2.95. The SMILES string of the molecule is N#CC1(NS(=O)(=O)c2ccc(Br)cc2)CCCCC1. The number of halogens is 1. The second-order valence-corrected chi connectivity index (χ2v) is 7.41. The van der Waals surface area contributed by atoms with E-state index in [0.717, 1.165) is 23.7 Å². The zero-order chi connectivity index (χ0) is 13.9. The number of hydrogen-bond acceptors (Lipinski definition) is 3. The molecule has 0 bridgehead atoms. The van der Waals surface area contributed by atoms with Crippen molar-refractivity contribution in [3.8, 4) is 6.07 Å². The molecule has 0 amide bonds. The zero-order valence-electron chi connectivity index (χ0n) is 10.4. The van der Waals surface area contributed by atoms with Crippen molar-refractivity contribution in [1.82, 2.24) is 4.72 Å². The highest BCUT2D eigenvalue weighted by Gasteiger charge is 2.36. The van der Waals surface area contributed by atoms with Crippen LogP contribution < -0.4 is 4.72 Å². The van der Waals surface area contributed by atoms with Crippen LogP contribution in [0, 0.1) is 11.3 Å². The first-order chi connectivity index (χ1) is 8.97. The Morgan fingerprint density at radius 2 is 1.74 bits per heavy atom. The average Bonchev–Trinajstić information content (AvgIpc) is 2.40. The van der Waals surface area contributed by atoms with Crippen molar-refractivity contribution in [1.29, 1.82) is 5.26 Å². The van der Waals surface area contributed by atoms with E-state index in [4.69, 9.17) is 0 Å². The summed E-state index contributed by atoms with van der Waals surface area (Å²) in [7, 11) is -3.64. The largest absolute Gasteiger partial charge is 0.241 e. The highest BCUT2D eigenvalue weighted by atomic mass is 79.9. The molecule has 1 aromatic rings. The molecule has 0 heterocycles. The lowest BCUT2D eigenvalue weighted by Crippen LogP contribution is -2.48. The molecule has 0 unspecified atom stereocenters. The Morgan fingerprint density at radius 3 is 2.26 bits per heavy atom. The molecule has 1 saturated carbocycles. The van der Waals surface area contributed by atoms with Crippen molar-refractivity contribution in [3.63, 3.8) is 0 Å². The van der Waals surface area contributed by atoms with Crippen molar-refractivity contribution in [2.24, 2.45) is 0 Å². The lowest BCUT2D eigenvalue weighted by Gasteiger charge is -2.31. The minimum atomic E-state index is -3.64. The van der Waals surface area contributed by atoms with E-state index in [-0.39, 0.29) is 4.90 Å². The normalized spacial score (nSPS) is 18.7. The second-order valence-electron chi connectivity index (χ2n) is 4.81. The van der Waals surface area contributed by atoms with E-state index in [0.29, 0.717) is 12.8 Å². The summed E-state index contributed by atoms with van der Waals surface area (Å²) in [5.74, 6) is 0. The molecular formula is C13H15BrN2O2S. The van der Waals surface area contributed by atoms with Crippen LogP contribution in [-0.4, -0.2) is 14.0 Å². The number of sulfonamides is 1. The quantitative estimate of drug-likeness (QED) is 0.917. The molecule has 102 valence electrons. The highest BCUT2D eigenvalue weighted by molar-refractivity contribution is 9.10. The third kappa shape index (κ3) is 3.35. The van der Waals surface area contributed by atoms with Gasteiger partial charge in [0.25, 0.3) is 0 Å². The molecule has 1 aliphatic rings. The van der Waals surface area contributed by atoms with Gasteiger partial charge in [0.05, 0.1) is 11.0 Å². The van der Waals surface area contributed by atoms with E-state index in [1.807, 2.05) is 0 Å². The van der Waals surface area contributed by atoms with Gasteiger partial charge in [-0.05, 0) is 37.1 Å². The van der Waals surface area contributed by atoms with Gasteiger partial charge in [0.15, 0.2) is 0 Å². The van der Waals surface area contributed by atoms with Gasteiger partial charge in [-0.3, -0.25) is 0 Å². The van der Waals surface area contributed by atoms with Gasteiger partial charge >= 0.3 is 0 Å². The number of nitrogens with one attached hydrogen (secondary N) is 1. The molecule has 0 saturated heterocycles. The molecule has 2 rings (SSSR count).